The fourth-order valence-electron chi connectivity index (χ4n) is 7.18. The van der Waals surface area contributed by atoms with Gasteiger partial charge in [-0.2, -0.15) is 0 Å². The van der Waals surface area contributed by atoms with E-state index in [1.54, 1.807) is 13.2 Å². The van der Waals surface area contributed by atoms with Crippen molar-refractivity contribution in [2.24, 2.45) is 5.92 Å². The first-order valence-electron chi connectivity index (χ1n) is 17.6. The van der Waals surface area contributed by atoms with Crippen molar-refractivity contribution >= 4 is 37.5 Å². The van der Waals surface area contributed by atoms with Crippen LogP contribution in [0.3, 0.4) is 0 Å². The van der Waals surface area contributed by atoms with Crippen molar-refractivity contribution in [1.82, 2.24) is 4.90 Å². The third kappa shape index (κ3) is 8.43. The molecule has 4 aliphatic rings. The third-order valence-electron chi connectivity index (χ3n) is 11.4. The van der Waals surface area contributed by atoms with E-state index in [4.69, 9.17) is 25.5 Å². The van der Waals surface area contributed by atoms with E-state index < -0.39 is 13.7 Å². The molecule has 2 bridgehead atoms. The summed E-state index contributed by atoms with van der Waals surface area (Å²) in [6.45, 7) is 14.6. The van der Waals surface area contributed by atoms with Gasteiger partial charge in [-0.05, 0) is 92.9 Å². The van der Waals surface area contributed by atoms with Crippen molar-refractivity contribution in [3.8, 4) is 5.75 Å². The number of fused-ring (bicyclic) bond motifs is 3. The van der Waals surface area contributed by atoms with E-state index in [0.29, 0.717) is 41.8 Å². The molecule has 47 heavy (non-hydrogen) atoms. The van der Waals surface area contributed by atoms with Crippen molar-refractivity contribution in [3.05, 3.63) is 58.1 Å². The molecule has 0 unspecified atom stereocenters. The third-order valence-corrected chi connectivity index (χ3v) is 16.2. The maximum absolute atomic E-state index is 13.8. The van der Waals surface area contributed by atoms with E-state index >= 15 is 0 Å². The summed E-state index contributed by atoms with van der Waals surface area (Å²) in [7, 11) is -0.328. The van der Waals surface area contributed by atoms with Gasteiger partial charge in [0, 0.05) is 24.6 Å². The standard InChI is InChI=1S/C38H55ClN2O5Si/c1-37(2,3)47(5,6)45-26-29-23-31(39)32(24-33(29)44-4)40-35(42)12-10-11-27-13-15-30(16-14-27)38(19-8-7-9-20-38)36(43)46-34-25-41-21-17-28(34)18-22-41/h13-16,23-24,28,34H,7-12,17-22,25-26H2,1-6H3,(H,40,42)/t34-/m0/s1. The van der Waals surface area contributed by atoms with Gasteiger partial charge >= 0.3 is 5.97 Å². The zero-order valence-corrected chi connectivity index (χ0v) is 31.1. The molecule has 1 aliphatic carbocycles. The minimum Gasteiger partial charge on any atom is -0.496 e. The number of nitrogens with zero attached hydrogens (tertiary/aromatic N) is 1. The Labute approximate surface area is 288 Å². The normalized spacial score (nSPS) is 22.5. The molecule has 1 N–H and O–H groups in total. The van der Waals surface area contributed by atoms with Crippen molar-refractivity contribution < 1.29 is 23.5 Å². The summed E-state index contributed by atoms with van der Waals surface area (Å²) in [5.74, 6) is 1.04. The Bertz CT molecular complexity index is 1390. The number of piperidine rings is 3. The van der Waals surface area contributed by atoms with Gasteiger partial charge in [0.1, 0.15) is 11.9 Å². The number of rotatable bonds is 12. The molecule has 1 atom stereocenters. The van der Waals surface area contributed by atoms with Gasteiger partial charge in [-0.3, -0.25) is 14.5 Å². The number of benzene rings is 2. The largest absolute Gasteiger partial charge is 0.496 e. The van der Waals surface area contributed by atoms with Crippen LogP contribution in [0.5, 0.6) is 5.75 Å². The lowest BCUT2D eigenvalue weighted by Crippen LogP contribution is -2.53. The van der Waals surface area contributed by atoms with Crippen LogP contribution in [0.1, 0.15) is 95.2 Å². The fourth-order valence-corrected chi connectivity index (χ4v) is 8.37. The molecule has 9 heteroatoms. The van der Waals surface area contributed by atoms with Crippen molar-refractivity contribution in [1.29, 1.82) is 0 Å². The summed E-state index contributed by atoms with van der Waals surface area (Å²) in [5, 5.41) is 3.53. The number of halogens is 1. The van der Waals surface area contributed by atoms with Crippen LogP contribution in [-0.4, -0.2) is 57.9 Å². The number of hydrogen-bond donors (Lipinski definition) is 1. The summed E-state index contributed by atoms with van der Waals surface area (Å²) in [6.07, 6.45) is 9.12. The molecular formula is C38H55ClN2O5Si. The maximum Gasteiger partial charge on any atom is 0.316 e. The second-order valence-corrected chi connectivity index (χ2v) is 20.7. The minimum absolute atomic E-state index is 0.0215. The Balaban J connectivity index is 1.15. The smallest absolute Gasteiger partial charge is 0.316 e. The van der Waals surface area contributed by atoms with Crippen LogP contribution in [0, 0.1) is 5.92 Å². The maximum atomic E-state index is 13.8. The highest BCUT2D eigenvalue weighted by molar-refractivity contribution is 6.74. The first-order valence-corrected chi connectivity index (χ1v) is 20.9. The van der Waals surface area contributed by atoms with Crippen LogP contribution in [0.2, 0.25) is 23.2 Å². The quantitative estimate of drug-likeness (QED) is 0.178. The Morgan fingerprint density at radius 3 is 2.32 bits per heavy atom. The van der Waals surface area contributed by atoms with E-state index in [2.05, 4.69) is 68.3 Å². The van der Waals surface area contributed by atoms with Crippen molar-refractivity contribution in [3.63, 3.8) is 0 Å². The minimum atomic E-state index is -1.95. The number of nitrogens with one attached hydrogen (secondary N) is 1. The fraction of sp³-hybridized carbons (Fsp3) is 0.632. The predicted octanol–water partition coefficient (Wildman–Crippen LogP) is 8.67. The molecule has 0 spiro atoms. The van der Waals surface area contributed by atoms with Crippen LogP contribution in [-0.2, 0) is 37.2 Å². The summed E-state index contributed by atoms with van der Waals surface area (Å²) < 4.78 is 18.3. The number of aryl methyl sites for hydroxylation is 1. The lowest BCUT2D eigenvalue weighted by molar-refractivity contribution is -0.167. The van der Waals surface area contributed by atoms with Gasteiger partial charge in [-0.15, -0.1) is 0 Å². The van der Waals surface area contributed by atoms with Crippen LogP contribution >= 0.6 is 11.6 Å². The SMILES string of the molecule is COc1cc(NC(=O)CCCc2ccc(C3(C(=O)O[C@H]4CN5CCC4CC5)CCCCC3)cc2)c(Cl)cc1CO[Si](C)(C)C(C)(C)C. The molecule has 3 heterocycles. The highest BCUT2D eigenvalue weighted by Crippen LogP contribution is 2.43. The highest BCUT2D eigenvalue weighted by atomic mass is 35.5. The molecule has 0 radical (unpaired) electrons. The number of hydrogen-bond acceptors (Lipinski definition) is 6. The summed E-state index contributed by atoms with van der Waals surface area (Å²) in [5.41, 5.74) is 3.09. The predicted molar refractivity (Wildman–Crippen MR) is 192 cm³/mol. The number of methoxy groups -OCH3 is 1. The topological polar surface area (TPSA) is 77.1 Å². The highest BCUT2D eigenvalue weighted by Gasteiger charge is 2.46. The summed E-state index contributed by atoms with van der Waals surface area (Å²) in [4.78, 5) is 29.2. The zero-order valence-electron chi connectivity index (χ0n) is 29.4. The number of amides is 1. The Kier molecular flexibility index (Phi) is 11.5. The van der Waals surface area contributed by atoms with Gasteiger partial charge in [0.15, 0.2) is 8.32 Å². The number of ether oxygens (including phenoxy) is 2. The van der Waals surface area contributed by atoms with Gasteiger partial charge in [-0.1, -0.05) is 75.9 Å². The zero-order chi connectivity index (χ0) is 33.8. The molecule has 2 aromatic carbocycles. The molecule has 1 amide bonds. The molecule has 258 valence electrons. The second kappa shape index (κ2) is 15.0. The first kappa shape index (κ1) is 35.9. The molecular weight excluding hydrogens is 628 g/mol. The van der Waals surface area contributed by atoms with E-state index in [9.17, 15) is 9.59 Å². The molecule has 0 aromatic heterocycles. The number of anilines is 1. The van der Waals surface area contributed by atoms with E-state index in [1.807, 2.05) is 6.07 Å². The van der Waals surface area contributed by atoms with E-state index in [1.165, 1.54) is 6.42 Å². The van der Waals surface area contributed by atoms with Crippen LogP contribution < -0.4 is 10.1 Å². The summed E-state index contributed by atoms with van der Waals surface area (Å²) in [6, 6.07) is 12.1. The lowest BCUT2D eigenvalue weighted by Gasteiger charge is -2.45. The molecule has 2 aromatic rings. The number of esters is 1. The molecule has 3 saturated heterocycles. The monoisotopic (exact) mass is 682 g/mol. The van der Waals surface area contributed by atoms with Crippen LogP contribution in [0.25, 0.3) is 0 Å². The van der Waals surface area contributed by atoms with Gasteiger partial charge in [0.25, 0.3) is 0 Å². The summed E-state index contributed by atoms with van der Waals surface area (Å²) >= 11 is 6.61. The molecule has 4 fully saturated rings. The molecule has 3 aliphatic heterocycles. The van der Waals surface area contributed by atoms with Gasteiger partial charge < -0.3 is 19.2 Å². The average molecular weight is 683 g/mol. The van der Waals surface area contributed by atoms with Crippen LogP contribution in [0.15, 0.2) is 36.4 Å². The van der Waals surface area contributed by atoms with E-state index in [0.717, 1.165) is 81.3 Å². The Morgan fingerprint density at radius 2 is 1.72 bits per heavy atom. The Morgan fingerprint density at radius 1 is 1.04 bits per heavy atom. The van der Waals surface area contributed by atoms with E-state index in [-0.39, 0.29) is 23.0 Å². The first-order chi connectivity index (χ1) is 22.3. The lowest BCUT2D eigenvalue weighted by atomic mass is 9.69. The van der Waals surface area contributed by atoms with Gasteiger partial charge in [0.2, 0.25) is 5.91 Å². The van der Waals surface area contributed by atoms with Crippen molar-refractivity contribution in [2.75, 3.05) is 32.1 Å². The van der Waals surface area contributed by atoms with Gasteiger partial charge in [-0.25, -0.2) is 0 Å². The number of carbonyl (C=O) groups excluding carboxylic acids is 2. The average Bonchev–Trinajstić information content (AvgIpc) is 3.05. The van der Waals surface area contributed by atoms with Crippen LogP contribution in [0.4, 0.5) is 5.69 Å². The van der Waals surface area contributed by atoms with Crippen molar-refractivity contribution in [2.45, 2.75) is 121 Å². The Hall–Kier alpha value is -2.39. The van der Waals surface area contributed by atoms with Gasteiger partial charge in [0.05, 0.1) is 29.8 Å². The number of carbonyl (C=O) groups is 2. The molecule has 1 saturated carbocycles. The second-order valence-electron chi connectivity index (χ2n) is 15.5. The molecule has 7 nitrogen and oxygen atoms in total. The molecule has 6 rings (SSSR count).